The van der Waals surface area contributed by atoms with Gasteiger partial charge in [-0.05, 0) is 87.8 Å². The summed E-state index contributed by atoms with van der Waals surface area (Å²) >= 11 is 0. The minimum Gasteiger partial charge on any atom is -0.507 e. The van der Waals surface area contributed by atoms with Crippen molar-refractivity contribution in [1.82, 2.24) is 0 Å². The van der Waals surface area contributed by atoms with E-state index in [4.69, 9.17) is 9.47 Å². The van der Waals surface area contributed by atoms with Crippen LogP contribution in [0.3, 0.4) is 0 Å². The molecule has 3 rings (SSSR count). The Balaban J connectivity index is 1.39. The number of hydrogen-bond acceptors (Lipinski definition) is 3. The number of fused-ring (bicyclic) bond motifs is 1. The summed E-state index contributed by atoms with van der Waals surface area (Å²) < 4.78 is 12.6. The molecule has 0 fully saturated rings. The van der Waals surface area contributed by atoms with Gasteiger partial charge in [-0.1, -0.05) is 70.8 Å². The van der Waals surface area contributed by atoms with Gasteiger partial charge < -0.3 is 14.6 Å². The lowest BCUT2D eigenvalue weighted by molar-refractivity contribution is 0.0165. The first-order valence-electron chi connectivity index (χ1n) is 14.0. The predicted octanol–water partition coefficient (Wildman–Crippen LogP) is 8.74. The molecule has 3 nitrogen and oxygen atoms in total. The third-order valence-electron chi connectivity index (χ3n) is 7.79. The van der Waals surface area contributed by atoms with E-state index in [2.05, 4.69) is 32.0 Å². The van der Waals surface area contributed by atoms with Crippen molar-refractivity contribution >= 4 is 0 Å². The van der Waals surface area contributed by atoms with E-state index in [1.165, 1.54) is 69.8 Å². The Morgan fingerprint density at radius 2 is 1.57 bits per heavy atom. The van der Waals surface area contributed by atoms with Crippen LogP contribution in [0.25, 0.3) is 0 Å². The van der Waals surface area contributed by atoms with Crippen LogP contribution in [-0.2, 0) is 12.8 Å². The molecule has 1 unspecified atom stereocenters. The predicted molar refractivity (Wildman–Crippen MR) is 146 cm³/mol. The Labute approximate surface area is 214 Å². The Morgan fingerprint density at radius 1 is 0.914 bits per heavy atom. The number of unbranched alkanes of at least 4 members (excludes halogenated alkanes) is 9. The summed E-state index contributed by atoms with van der Waals surface area (Å²) in [6.07, 6.45) is 16.6. The van der Waals surface area contributed by atoms with E-state index in [1.54, 1.807) is 0 Å². The van der Waals surface area contributed by atoms with Crippen molar-refractivity contribution in [2.24, 2.45) is 0 Å². The molecular formula is C32H47O3. The molecule has 193 valence electrons. The van der Waals surface area contributed by atoms with Crippen LogP contribution < -0.4 is 9.47 Å². The monoisotopic (exact) mass is 479 g/mol. The highest BCUT2D eigenvalue weighted by Gasteiger charge is 2.35. The minimum atomic E-state index is -0.393. The molecule has 0 aliphatic carbocycles. The molecule has 2 aromatic rings. The summed E-state index contributed by atoms with van der Waals surface area (Å²) in [5.74, 6) is 2.10. The summed E-state index contributed by atoms with van der Waals surface area (Å²) in [7, 11) is 0. The molecule has 1 radical (unpaired) electrons. The van der Waals surface area contributed by atoms with Gasteiger partial charge in [0, 0.05) is 11.6 Å². The maximum absolute atomic E-state index is 10.4. The number of ether oxygens (including phenoxy) is 2. The number of rotatable bonds is 14. The number of hydrogen-bond donors (Lipinski definition) is 1. The van der Waals surface area contributed by atoms with Crippen LogP contribution in [-0.4, -0.2) is 17.3 Å². The average Bonchev–Trinajstić information content (AvgIpc) is 2.87. The zero-order chi connectivity index (χ0) is 25.3. The van der Waals surface area contributed by atoms with Gasteiger partial charge in [-0.15, -0.1) is 0 Å². The van der Waals surface area contributed by atoms with E-state index in [9.17, 15) is 5.11 Å². The Kier molecular flexibility index (Phi) is 10.4. The van der Waals surface area contributed by atoms with Crippen LogP contribution in [0.2, 0.25) is 0 Å². The van der Waals surface area contributed by atoms with Gasteiger partial charge in [0.15, 0.2) is 0 Å². The molecular weight excluding hydrogens is 432 g/mol. The van der Waals surface area contributed by atoms with Crippen LogP contribution in [0.15, 0.2) is 18.2 Å². The first-order chi connectivity index (χ1) is 16.8. The first-order valence-corrected chi connectivity index (χ1v) is 14.0. The molecule has 3 heteroatoms. The van der Waals surface area contributed by atoms with Crippen LogP contribution in [0.1, 0.15) is 112 Å². The number of phenols is 1. The largest absolute Gasteiger partial charge is 0.507 e. The fourth-order valence-corrected chi connectivity index (χ4v) is 5.13. The number of aromatic hydroxyl groups is 1. The third kappa shape index (κ3) is 7.66. The highest BCUT2D eigenvalue weighted by molar-refractivity contribution is 5.58. The van der Waals surface area contributed by atoms with E-state index >= 15 is 0 Å². The molecule has 1 atom stereocenters. The molecule has 0 saturated heterocycles. The smallest absolute Gasteiger partial charge is 0.140 e. The SMILES string of the molecule is CCCCCCCCCCCCc1c[c]c(OCC2(C)CCc3c(C)c(O)c(C)c(C)c3O2)cc1. The van der Waals surface area contributed by atoms with Gasteiger partial charge in [-0.2, -0.15) is 0 Å². The second-order valence-electron chi connectivity index (χ2n) is 10.9. The van der Waals surface area contributed by atoms with Crippen LogP contribution in [0.5, 0.6) is 17.2 Å². The fraction of sp³-hybridized carbons (Fsp3) is 0.625. The second kappa shape index (κ2) is 13.2. The summed E-state index contributed by atoms with van der Waals surface area (Å²) in [4.78, 5) is 0. The summed E-state index contributed by atoms with van der Waals surface area (Å²) in [5, 5.41) is 10.4. The normalized spacial score (nSPS) is 17.2. The topological polar surface area (TPSA) is 38.7 Å². The maximum atomic E-state index is 10.4. The molecule has 1 heterocycles. The molecule has 0 bridgehead atoms. The number of benzene rings is 2. The molecule has 1 aliphatic rings. The minimum absolute atomic E-state index is 0.393. The summed E-state index contributed by atoms with van der Waals surface area (Å²) in [6.45, 7) is 10.8. The van der Waals surface area contributed by atoms with Crippen molar-refractivity contribution in [1.29, 1.82) is 0 Å². The standard InChI is InChI=1S/C32H47O3/c1-6-7-8-9-10-11-12-13-14-15-16-27-17-19-28(20-18-27)34-23-32(5)22-21-29-26(4)30(33)24(2)25(3)31(29)35-32/h17-19,33H,6-16,21-23H2,1-5H3. The van der Waals surface area contributed by atoms with Gasteiger partial charge in [-0.3, -0.25) is 0 Å². The molecule has 2 aromatic carbocycles. The molecule has 0 aromatic heterocycles. The maximum Gasteiger partial charge on any atom is 0.140 e. The molecule has 1 N–H and O–H groups in total. The number of phenolic OH excluding ortho intramolecular Hbond substituents is 1. The van der Waals surface area contributed by atoms with Gasteiger partial charge >= 0.3 is 0 Å². The molecule has 0 amide bonds. The van der Waals surface area contributed by atoms with E-state index in [0.717, 1.165) is 53.0 Å². The lowest BCUT2D eigenvalue weighted by Gasteiger charge is -2.37. The van der Waals surface area contributed by atoms with Gasteiger partial charge in [0.1, 0.15) is 29.5 Å². The molecule has 0 spiro atoms. The van der Waals surface area contributed by atoms with Crippen LogP contribution in [0.4, 0.5) is 0 Å². The van der Waals surface area contributed by atoms with E-state index in [0.29, 0.717) is 12.4 Å². The van der Waals surface area contributed by atoms with Crippen molar-refractivity contribution in [3.8, 4) is 17.2 Å². The van der Waals surface area contributed by atoms with Crippen molar-refractivity contribution < 1.29 is 14.6 Å². The lowest BCUT2D eigenvalue weighted by Crippen LogP contribution is -2.42. The van der Waals surface area contributed by atoms with Crippen LogP contribution >= 0.6 is 0 Å². The zero-order valence-corrected chi connectivity index (χ0v) is 22.9. The van der Waals surface area contributed by atoms with E-state index < -0.39 is 5.60 Å². The molecule has 1 aliphatic heterocycles. The lowest BCUT2D eigenvalue weighted by atomic mass is 9.87. The van der Waals surface area contributed by atoms with Crippen LogP contribution in [0, 0.1) is 26.8 Å². The Bertz CT molecular complexity index is 931. The molecule has 0 saturated carbocycles. The van der Waals surface area contributed by atoms with Gasteiger partial charge in [0.05, 0.1) is 0 Å². The Hall–Kier alpha value is -2.16. The summed E-state index contributed by atoms with van der Waals surface area (Å²) in [5.41, 5.74) is 4.95. The highest BCUT2D eigenvalue weighted by atomic mass is 16.5. The Morgan fingerprint density at radius 3 is 2.20 bits per heavy atom. The van der Waals surface area contributed by atoms with Crippen molar-refractivity contribution in [2.45, 2.75) is 124 Å². The van der Waals surface area contributed by atoms with Gasteiger partial charge in [0.2, 0.25) is 0 Å². The van der Waals surface area contributed by atoms with E-state index in [1.807, 2.05) is 26.8 Å². The number of aryl methyl sites for hydroxylation is 1. The summed E-state index contributed by atoms with van der Waals surface area (Å²) in [6, 6.07) is 9.63. The quantitative estimate of drug-likeness (QED) is 0.275. The van der Waals surface area contributed by atoms with Gasteiger partial charge in [-0.25, -0.2) is 0 Å². The van der Waals surface area contributed by atoms with Gasteiger partial charge in [0.25, 0.3) is 0 Å². The van der Waals surface area contributed by atoms with E-state index in [-0.39, 0.29) is 0 Å². The average molecular weight is 480 g/mol. The van der Waals surface area contributed by atoms with Crippen molar-refractivity contribution in [3.05, 3.63) is 52.1 Å². The molecule has 35 heavy (non-hydrogen) atoms. The third-order valence-corrected chi connectivity index (χ3v) is 7.79. The van der Waals surface area contributed by atoms with Crippen molar-refractivity contribution in [3.63, 3.8) is 0 Å². The first kappa shape index (κ1) is 27.4. The second-order valence-corrected chi connectivity index (χ2v) is 10.9. The zero-order valence-electron chi connectivity index (χ0n) is 22.9. The van der Waals surface area contributed by atoms with Crippen molar-refractivity contribution in [2.75, 3.05) is 6.61 Å². The highest BCUT2D eigenvalue weighted by Crippen LogP contribution is 2.43. The fourth-order valence-electron chi connectivity index (χ4n) is 5.13.